The molecular formula is C6H10N4. The summed E-state index contributed by atoms with van der Waals surface area (Å²) in [6.45, 7) is 0. The second-order valence-electron chi connectivity index (χ2n) is 1.79. The van der Waals surface area contributed by atoms with Crippen molar-refractivity contribution in [1.82, 2.24) is 9.97 Å². The van der Waals surface area contributed by atoms with E-state index in [1.807, 2.05) is 14.1 Å². The van der Waals surface area contributed by atoms with E-state index in [1.54, 1.807) is 12.4 Å². The zero-order valence-corrected chi connectivity index (χ0v) is 6.05. The predicted molar refractivity (Wildman–Crippen MR) is 41.1 cm³/mol. The molecule has 4 heteroatoms. The fraction of sp³-hybridized carbons (Fsp3) is 0.333. The van der Waals surface area contributed by atoms with Gasteiger partial charge in [-0.3, -0.25) is 4.98 Å². The second kappa shape index (κ2) is 3.00. The van der Waals surface area contributed by atoms with E-state index in [0.29, 0.717) is 0 Å². The van der Waals surface area contributed by atoms with Crippen molar-refractivity contribution < 1.29 is 0 Å². The van der Waals surface area contributed by atoms with E-state index in [2.05, 4.69) is 20.6 Å². The van der Waals surface area contributed by atoms with Gasteiger partial charge in [-0.25, -0.2) is 4.98 Å². The van der Waals surface area contributed by atoms with Crippen molar-refractivity contribution in [1.29, 1.82) is 0 Å². The van der Waals surface area contributed by atoms with Gasteiger partial charge in [-0.1, -0.05) is 0 Å². The molecular weight excluding hydrogens is 128 g/mol. The molecule has 10 heavy (non-hydrogen) atoms. The quantitative estimate of drug-likeness (QED) is 0.627. The number of rotatable bonds is 2. The second-order valence-corrected chi connectivity index (χ2v) is 1.79. The van der Waals surface area contributed by atoms with Crippen LogP contribution >= 0.6 is 0 Å². The molecule has 1 aromatic rings. The lowest BCUT2D eigenvalue weighted by Crippen LogP contribution is -1.97. The lowest BCUT2D eigenvalue weighted by molar-refractivity contribution is 1.17. The van der Waals surface area contributed by atoms with Crippen LogP contribution in [0.3, 0.4) is 0 Å². The Kier molecular flexibility index (Phi) is 2.04. The van der Waals surface area contributed by atoms with E-state index < -0.39 is 0 Å². The Bertz CT molecular complexity index is 191. The topological polar surface area (TPSA) is 49.8 Å². The van der Waals surface area contributed by atoms with Crippen LogP contribution in [0.15, 0.2) is 12.4 Å². The van der Waals surface area contributed by atoms with Crippen molar-refractivity contribution in [3.8, 4) is 0 Å². The third-order valence-corrected chi connectivity index (χ3v) is 1.15. The molecule has 4 nitrogen and oxygen atoms in total. The predicted octanol–water partition coefficient (Wildman–Crippen LogP) is 0.560. The minimum atomic E-state index is 0.770. The van der Waals surface area contributed by atoms with Crippen LogP contribution in [0.4, 0.5) is 11.6 Å². The van der Waals surface area contributed by atoms with Crippen LogP contribution < -0.4 is 10.6 Å². The highest BCUT2D eigenvalue weighted by Gasteiger charge is 1.91. The van der Waals surface area contributed by atoms with Crippen molar-refractivity contribution in [3.05, 3.63) is 12.4 Å². The van der Waals surface area contributed by atoms with Crippen LogP contribution in [0.2, 0.25) is 0 Å². The van der Waals surface area contributed by atoms with Crippen molar-refractivity contribution >= 4 is 11.6 Å². The van der Waals surface area contributed by atoms with E-state index in [0.717, 1.165) is 11.6 Å². The standard InChI is InChI=1S/C6H10N4/c1-7-5-3-9-4-6(8-2)10-5/h3-4H,1-2H3,(H2,7,8,10). The lowest BCUT2D eigenvalue weighted by Gasteiger charge is -2.00. The number of nitrogens with one attached hydrogen (secondary N) is 2. The zero-order valence-electron chi connectivity index (χ0n) is 6.05. The van der Waals surface area contributed by atoms with E-state index in [-0.39, 0.29) is 0 Å². The molecule has 0 radical (unpaired) electrons. The Labute approximate surface area is 59.7 Å². The van der Waals surface area contributed by atoms with Crippen LogP contribution in [0.1, 0.15) is 0 Å². The van der Waals surface area contributed by atoms with Gasteiger partial charge >= 0.3 is 0 Å². The molecule has 0 saturated heterocycles. The number of aromatic nitrogens is 2. The Morgan fingerprint density at radius 1 is 1.10 bits per heavy atom. The molecule has 1 rings (SSSR count). The fourth-order valence-corrected chi connectivity index (χ4v) is 0.607. The van der Waals surface area contributed by atoms with Crippen molar-refractivity contribution in [2.24, 2.45) is 0 Å². The largest absolute Gasteiger partial charge is 0.372 e. The van der Waals surface area contributed by atoms with Crippen molar-refractivity contribution in [2.45, 2.75) is 0 Å². The number of nitrogens with zero attached hydrogens (tertiary/aromatic N) is 2. The van der Waals surface area contributed by atoms with E-state index >= 15 is 0 Å². The third kappa shape index (κ3) is 1.34. The molecule has 0 aromatic carbocycles. The molecule has 0 aliphatic rings. The van der Waals surface area contributed by atoms with Crippen molar-refractivity contribution in [2.75, 3.05) is 24.7 Å². The average molecular weight is 138 g/mol. The molecule has 54 valence electrons. The highest BCUT2D eigenvalue weighted by atomic mass is 15.1. The molecule has 0 aliphatic carbocycles. The molecule has 0 bridgehead atoms. The monoisotopic (exact) mass is 138 g/mol. The summed E-state index contributed by atoms with van der Waals surface area (Å²) in [5.74, 6) is 1.54. The van der Waals surface area contributed by atoms with Gasteiger partial charge in [-0.05, 0) is 0 Å². The van der Waals surface area contributed by atoms with E-state index in [4.69, 9.17) is 0 Å². The number of anilines is 2. The van der Waals surface area contributed by atoms with Gasteiger partial charge < -0.3 is 10.6 Å². The molecule has 0 aliphatic heterocycles. The Balaban J connectivity index is 2.87. The first-order valence-corrected chi connectivity index (χ1v) is 3.04. The summed E-state index contributed by atoms with van der Waals surface area (Å²) in [5.41, 5.74) is 0. The summed E-state index contributed by atoms with van der Waals surface area (Å²) >= 11 is 0. The summed E-state index contributed by atoms with van der Waals surface area (Å²) in [6.07, 6.45) is 3.34. The van der Waals surface area contributed by atoms with Crippen LogP contribution in [0.5, 0.6) is 0 Å². The van der Waals surface area contributed by atoms with E-state index in [9.17, 15) is 0 Å². The first-order valence-electron chi connectivity index (χ1n) is 3.04. The number of hydrogen-bond acceptors (Lipinski definition) is 4. The maximum atomic E-state index is 4.12. The van der Waals surface area contributed by atoms with Gasteiger partial charge in [0.15, 0.2) is 0 Å². The van der Waals surface area contributed by atoms with Crippen LogP contribution in [0.25, 0.3) is 0 Å². The molecule has 0 unspecified atom stereocenters. The number of hydrogen-bond donors (Lipinski definition) is 2. The maximum absolute atomic E-state index is 4.12. The fourth-order valence-electron chi connectivity index (χ4n) is 0.607. The van der Waals surface area contributed by atoms with Gasteiger partial charge in [-0.15, -0.1) is 0 Å². The lowest BCUT2D eigenvalue weighted by atomic mass is 10.6. The highest BCUT2D eigenvalue weighted by Crippen LogP contribution is 2.03. The zero-order chi connectivity index (χ0) is 7.40. The molecule has 0 atom stereocenters. The minimum absolute atomic E-state index is 0.770. The van der Waals surface area contributed by atoms with Gasteiger partial charge in [0.1, 0.15) is 11.6 Å². The SMILES string of the molecule is CNc1cncc(NC)n1. The van der Waals surface area contributed by atoms with E-state index in [1.165, 1.54) is 0 Å². The Morgan fingerprint density at radius 2 is 1.60 bits per heavy atom. The summed E-state index contributed by atoms with van der Waals surface area (Å²) in [4.78, 5) is 8.06. The molecule has 0 spiro atoms. The summed E-state index contributed by atoms with van der Waals surface area (Å²) in [5, 5.41) is 5.78. The summed E-state index contributed by atoms with van der Waals surface area (Å²) < 4.78 is 0. The Morgan fingerprint density at radius 3 is 2.00 bits per heavy atom. The highest BCUT2D eigenvalue weighted by molar-refractivity contribution is 5.40. The molecule has 2 N–H and O–H groups in total. The van der Waals surface area contributed by atoms with Gasteiger partial charge in [0.2, 0.25) is 0 Å². The van der Waals surface area contributed by atoms with Crippen LogP contribution in [-0.2, 0) is 0 Å². The maximum Gasteiger partial charge on any atom is 0.146 e. The molecule has 0 amide bonds. The first kappa shape index (κ1) is 6.80. The van der Waals surface area contributed by atoms with Gasteiger partial charge in [0.25, 0.3) is 0 Å². The van der Waals surface area contributed by atoms with Crippen LogP contribution in [-0.4, -0.2) is 24.1 Å². The summed E-state index contributed by atoms with van der Waals surface area (Å²) in [7, 11) is 3.62. The first-order chi connectivity index (χ1) is 4.86. The van der Waals surface area contributed by atoms with Gasteiger partial charge in [-0.2, -0.15) is 0 Å². The third-order valence-electron chi connectivity index (χ3n) is 1.15. The molecule has 0 fully saturated rings. The van der Waals surface area contributed by atoms with Crippen molar-refractivity contribution in [3.63, 3.8) is 0 Å². The molecule has 0 saturated carbocycles. The summed E-state index contributed by atoms with van der Waals surface area (Å²) in [6, 6.07) is 0. The minimum Gasteiger partial charge on any atom is -0.372 e. The Hall–Kier alpha value is -1.32. The van der Waals surface area contributed by atoms with Gasteiger partial charge in [0, 0.05) is 14.1 Å². The van der Waals surface area contributed by atoms with Crippen LogP contribution in [0, 0.1) is 0 Å². The van der Waals surface area contributed by atoms with Gasteiger partial charge in [0.05, 0.1) is 12.4 Å². The molecule has 1 aromatic heterocycles. The normalized spacial score (nSPS) is 9.00. The smallest absolute Gasteiger partial charge is 0.146 e. The molecule has 1 heterocycles. The average Bonchev–Trinajstić information content (AvgIpc) is 2.05.